The van der Waals surface area contributed by atoms with Gasteiger partial charge in [0, 0.05) is 4.32 Å². The molecule has 0 aromatic carbocycles. The van der Waals surface area contributed by atoms with Crippen molar-refractivity contribution in [2.75, 3.05) is 6.54 Å². The minimum Gasteiger partial charge on any atom is -0.330 e. The first-order valence-corrected chi connectivity index (χ1v) is 6.31. The van der Waals surface area contributed by atoms with Crippen LogP contribution in [0.5, 0.6) is 0 Å². The van der Waals surface area contributed by atoms with Crippen molar-refractivity contribution in [2.24, 2.45) is 23.0 Å². The normalized spacial score (nSPS) is 58.6. The summed E-state index contributed by atoms with van der Waals surface area (Å²) in [5.41, 5.74) is 6.50. The summed E-state index contributed by atoms with van der Waals surface area (Å²) in [5, 5.41) is 0. The van der Waals surface area contributed by atoms with Gasteiger partial charge in [-0.25, -0.2) is 0 Å². The fourth-order valence-corrected chi connectivity index (χ4v) is 6.09. The highest BCUT2D eigenvalue weighted by Crippen LogP contribution is 2.63. The molecule has 0 saturated heterocycles. The van der Waals surface area contributed by atoms with Crippen molar-refractivity contribution in [3.8, 4) is 0 Å². The standard InChI is InChI=1S/C11H18BrN/c12-11-4-8-1-9(5-11)3-10(2-8,6-11)7-13/h8-9H,1-7,13H2/t8-,9-,10?,11?/m0/s1. The maximum absolute atomic E-state index is 5.97. The van der Waals surface area contributed by atoms with E-state index < -0.39 is 0 Å². The van der Waals surface area contributed by atoms with Crippen LogP contribution in [0.3, 0.4) is 0 Å². The van der Waals surface area contributed by atoms with Crippen LogP contribution in [0, 0.1) is 17.3 Å². The van der Waals surface area contributed by atoms with Crippen molar-refractivity contribution in [1.29, 1.82) is 0 Å². The van der Waals surface area contributed by atoms with Gasteiger partial charge in [-0.1, -0.05) is 15.9 Å². The summed E-state index contributed by atoms with van der Waals surface area (Å²) in [6.07, 6.45) is 8.54. The van der Waals surface area contributed by atoms with Gasteiger partial charge in [0.05, 0.1) is 0 Å². The van der Waals surface area contributed by atoms with Crippen molar-refractivity contribution < 1.29 is 0 Å². The molecule has 4 bridgehead atoms. The van der Waals surface area contributed by atoms with Crippen LogP contribution in [0.2, 0.25) is 0 Å². The lowest BCUT2D eigenvalue weighted by Gasteiger charge is -2.60. The van der Waals surface area contributed by atoms with Crippen LogP contribution >= 0.6 is 15.9 Å². The first kappa shape index (κ1) is 8.72. The Morgan fingerprint density at radius 1 is 1.15 bits per heavy atom. The molecule has 4 fully saturated rings. The third-order valence-electron chi connectivity index (χ3n) is 4.54. The van der Waals surface area contributed by atoms with Gasteiger partial charge in [-0.05, 0) is 62.3 Å². The van der Waals surface area contributed by atoms with E-state index in [1.165, 1.54) is 38.5 Å². The first-order chi connectivity index (χ1) is 6.13. The maximum Gasteiger partial charge on any atom is 0.0269 e. The van der Waals surface area contributed by atoms with E-state index in [2.05, 4.69) is 15.9 Å². The summed E-state index contributed by atoms with van der Waals surface area (Å²) in [4.78, 5) is 0. The molecule has 4 aliphatic carbocycles. The Kier molecular flexibility index (Phi) is 1.69. The molecule has 2 atom stereocenters. The average Bonchev–Trinajstić information content (AvgIpc) is 1.99. The highest BCUT2D eigenvalue weighted by molar-refractivity contribution is 9.10. The fraction of sp³-hybridized carbons (Fsp3) is 1.00. The molecule has 2 N–H and O–H groups in total. The van der Waals surface area contributed by atoms with Crippen LogP contribution in [0.25, 0.3) is 0 Å². The predicted octanol–water partition coefficient (Wildman–Crippen LogP) is 2.68. The average molecular weight is 244 g/mol. The summed E-state index contributed by atoms with van der Waals surface area (Å²) in [6, 6.07) is 0. The second-order valence-electron chi connectivity index (χ2n) is 5.82. The molecule has 0 spiro atoms. The van der Waals surface area contributed by atoms with Crippen molar-refractivity contribution in [2.45, 2.75) is 42.8 Å². The zero-order valence-electron chi connectivity index (χ0n) is 8.06. The smallest absolute Gasteiger partial charge is 0.0269 e. The lowest BCUT2D eigenvalue weighted by atomic mass is 9.49. The summed E-state index contributed by atoms with van der Waals surface area (Å²) >= 11 is 3.98. The Labute approximate surface area is 88.6 Å². The molecule has 4 saturated carbocycles. The number of nitrogens with two attached hydrogens (primary N) is 1. The number of rotatable bonds is 1. The highest BCUT2D eigenvalue weighted by atomic mass is 79.9. The molecule has 0 heterocycles. The lowest BCUT2D eigenvalue weighted by molar-refractivity contribution is -0.0288. The van der Waals surface area contributed by atoms with E-state index in [-0.39, 0.29) is 0 Å². The second kappa shape index (κ2) is 2.52. The van der Waals surface area contributed by atoms with Gasteiger partial charge in [0.15, 0.2) is 0 Å². The fourth-order valence-electron chi connectivity index (χ4n) is 4.57. The topological polar surface area (TPSA) is 26.0 Å². The Balaban J connectivity index is 1.95. The number of hydrogen-bond acceptors (Lipinski definition) is 1. The van der Waals surface area contributed by atoms with E-state index in [1.807, 2.05) is 0 Å². The Hall–Kier alpha value is 0.440. The molecule has 0 radical (unpaired) electrons. The third kappa shape index (κ3) is 1.21. The molecule has 0 aromatic heterocycles. The lowest BCUT2D eigenvalue weighted by Crippen LogP contribution is -2.55. The van der Waals surface area contributed by atoms with E-state index in [0.29, 0.717) is 9.74 Å². The number of alkyl halides is 1. The monoisotopic (exact) mass is 243 g/mol. The van der Waals surface area contributed by atoms with Crippen LogP contribution in [0.4, 0.5) is 0 Å². The van der Waals surface area contributed by atoms with Crippen molar-refractivity contribution in [1.82, 2.24) is 0 Å². The van der Waals surface area contributed by atoms with Gasteiger partial charge in [0.1, 0.15) is 0 Å². The van der Waals surface area contributed by atoms with Crippen molar-refractivity contribution >= 4 is 15.9 Å². The third-order valence-corrected chi connectivity index (χ3v) is 5.47. The molecule has 13 heavy (non-hydrogen) atoms. The maximum atomic E-state index is 5.97. The van der Waals surface area contributed by atoms with Gasteiger partial charge >= 0.3 is 0 Å². The van der Waals surface area contributed by atoms with Gasteiger partial charge < -0.3 is 5.73 Å². The molecule has 1 nitrogen and oxygen atoms in total. The molecule has 4 aliphatic rings. The van der Waals surface area contributed by atoms with Crippen LogP contribution in [-0.2, 0) is 0 Å². The number of hydrogen-bond donors (Lipinski definition) is 1. The SMILES string of the molecule is NCC12C[C@@H]3C[C@H](CC(Br)(C3)C1)C2. The quantitative estimate of drug-likeness (QED) is 0.705. The molecule has 0 aromatic rings. The van der Waals surface area contributed by atoms with E-state index in [4.69, 9.17) is 5.73 Å². The minimum atomic E-state index is 0.496. The Morgan fingerprint density at radius 2 is 1.77 bits per heavy atom. The molecule has 4 rings (SSSR count). The van der Waals surface area contributed by atoms with Gasteiger partial charge in [0.25, 0.3) is 0 Å². The zero-order chi connectivity index (χ0) is 9.10. The minimum absolute atomic E-state index is 0.496. The second-order valence-corrected chi connectivity index (χ2v) is 7.50. The van der Waals surface area contributed by atoms with E-state index in [1.54, 1.807) is 0 Å². The van der Waals surface area contributed by atoms with Gasteiger partial charge in [-0.15, -0.1) is 0 Å². The summed E-state index contributed by atoms with van der Waals surface area (Å²) in [5.74, 6) is 1.98. The molecular formula is C11H18BrN. The Morgan fingerprint density at radius 3 is 2.23 bits per heavy atom. The number of halogens is 1. The molecule has 74 valence electrons. The molecule has 2 heteroatoms. The molecule has 0 amide bonds. The summed E-state index contributed by atoms with van der Waals surface area (Å²) in [7, 11) is 0. The van der Waals surface area contributed by atoms with E-state index in [9.17, 15) is 0 Å². The van der Waals surface area contributed by atoms with Crippen LogP contribution in [-0.4, -0.2) is 10.9 Å². The van der Waals surface area contributed by atoms with Crippen molar-refractivity contribution in [3.63, 3.8) is 0 Å². The predicted molar refractivity (Wildman–Crippen MR) is 57.8 cm³/mol. The van der Waals surface area contributed by atoms with E-state index in [0.717, 1.165) is 18.4 Å². The zero-order valence-corrected chi connectivity index (χ0v) is 9.65. The molecule has 0 unspecified atom stereocenters. The van der Waals surface area contributed by atoms with E-state index >= 15 is 0 Å². The molecule has 0 aliphatic heterocycles. The van der Waals surface area contributed by atoms with Crippen LogP contribution in [0.15, 0.2) is 0 Å². The van der Waals surface area contributed by atoms with Gasteiger partial charge in [0.2, 0.25) is 0 Å². The highest BCUT2D eigenvalue weighted by Gasteiger charge is 2.55. The van der Waals surface area contributed by atoms with Gasteiger partial charge in [-0.3, -0.25) is 0 Å². The molecular weight excluding hydrogens is 226 g/mol. The van der Waals surface area contributed by atoms with Crippen molar-refractivity contribution in [3.05, 3.63) is 0 Å². The summed E-state index contributed by atoms with van der Waals surface area (Å²) < 4.78 is 0.496. The van der Waals surface area contributed by atoms with Crippen LogP contribution < -0.4 is 5.73 Å². The Bertz CT molecular complexity index is 224. The van der Waals surface area contributed by atoms with Gasteiger partial charge in [-0.2, -0.15) is 0 Å². The first-order valence-electron chi connectivity index (χ1n) is 5.52. The summed E-state index contributed by atoms with van der Waals surface area (Å²) in [6.45, 7) is 0.924. The largest absolute Gasteiger partial charge is 0.330 e. The van der Waals surface area contributed by atoms with Crippen LogP contribution in [0.1, 0.15) is 38.5 Å².